The maximum atomic E-state index is 12.8. The van der Waals surface area contributed by atoms with Gasteiger partial charge in [-0.3, -0.25) is 9.59 Å². The van der Waals surface area contributed by atoms with Gasteiger partial charge in [0, 0.05) is 12.8 Å². The van der Waals surface area contributed by atoms with Crippen LogP contribution in [0.25, 0.3) is 0 Å². The van der Waals surface area contributed by atoms with Crippen LogP contribution in [0.1, 0.15) is 17.5 Å². The van der Waals surface area contributed by atoms with E-state index in [9.17, 15) is 14.7 Å². The third kappa shape index (κ3) is 7.08. The quantitative estimate of drug-likeness (QED) is 0.426. The molecule has 1 aliphatic rings. The molecule has 0 radical (unpaired) electrons. The molecule has 0 fully saturated rings. The van der Waals surface area contributed by atoms with Gasteiger partial charge in [0.05, 0.1) is 12.6 Å². The summed E-state index contributed by atoms with van der Waals surface area (Å²) in [6.07, 6.45) is 0.920. The molecule has 3 rings (SSSR count). The van der Waals surface area contributed by atoms with Crippen LogP contribution in [0, 0.1) is 0 Å². The molecule has 1 heterocycles. The van der Waals surface area contributed by atoms with E-state index in [2.05, 4.69) is 31.7 Å². The number of benzene rings is 2. The molecule has 1 unspecified atom stereocenters. The van der Waals surface area contributed by atoms with Crippen molar-refractivity contribution < 1.29 is 19.5 Å². The third-order valence-corrected chi connectivity index (χ3v) is 5.31. The summed E-state index contributed by atoms with van der Waals surface area (Å²) in [6.45, 7) is 0.259. The number of rotatable bonds is 9. The molecule has 0 saturated heterocycles. The van der Waals surface area contributed by atoms with Crippen molar-refractivity contribution in [2.75, 3.05) is 6.54 Å². The summed E-state index contributed by atoms with van der Waals surface area (Å²) in [5.74, 6) is -0.631. The summed E-state index contributed by atoms with van der Waals surface area (Å²) in [6, 6.07) is 14.3. The Labute approximate surface area is 189 Å². The molecule has 1 aliphatic heterocycles. The van der Waals surface area contributed by atoms with Gasteiger partial charge >= 0.3 is 0 Å². The average molecular weight is 489 g/mol. The van der Waals surface area contributed by atoms with Gasteiger partial charge in [-0.2, -0.15) is 0 Å². The lowest BCUT2D eigenvalue weighted by atomic mass is 10.0. The minimum absolute atomic E-state index is 0.127. The fourth-order valence-corrected chi connectivity index (χ4v) is 3.60. The number of amides is 2. The second-order valence-corrected chi connectivity index (χ2v) is 8.29. The van der Waals surface area contributed by atoms with Crippen LogP contribution in [-0.2, 0) is 27.3 Å². The summed E-state index contributed by atoms with van der Waals surface area (Å²) in [5.41, 5.74) is 7.81. The van der Waals surface area contributed by atoms with Crippen LogP contribution in [0.5, 0.6) is 5.75 Å². The van der Waals surface area contributed by atoms with Gasteiger partial charge in [0.15, 0.2) is 6.10 Å². The lowest BCUT2D eigenvalue weighted by molar-refractivity contribution is -0.129. The summed E-state index contributed by atoms with van der Waals surface area (Å²) in [4.78, 5) is 30.8. The van der Waals surface area contributed by atoms with Gasteiger partial charge in [-0.25, -0.2) is 0 Å². The Morgan fingerprint density at radius 2 is 1.77 bits per heavy atom. The molecule has 31 heavy (non-hydrogen) atoms. The van der Waals surface area contributed by atoms with Crippen molar-refractivity contribution in [2.45, 2.75) is 37.5 Å². The number of phenolic OH excluding ortho intramolecular Hbond substituents is 1. The van der Waals surface area contributed by atoms with Crippen LogP contribution < -0.4 is 16.4 Å². The summed E-state index contributed by atoms with van der Waals surface area (Å²) < 4.78 is 0.688. The largest absolute Gasteiger partial charge is 0.508 e. The van der Waals surface area contributed by atoms with Gasteiger partial charge in [0.2, 0.25) is 11.8 Å². The molecule has 8 nitrogen and oxygen atoms in total. The smallest absolute Gasteiger partial charge is 0.243 e. The maximum absolute atomic E-state index is 12.8. The van der Waals surface area contributed by atoms with Crippen molar-refractivity contribution in [3.05, 3.63) is 65.7 Å². The highest BCUT2D eigenvalue weighted by atomic mass is 79.9. The molecule has 164 valence electrons. The fraction of sp³-hybridized carbons (Fsp3) is 0.318. The van der Waals surface area contributed by atoms with Crippen molar-refractivity contribution in [1.82, 2.24) is 10.6 Å². The highest BCUT2D eigenvalue weighted by Gasteiger charge is 2.26. The van der Waals surface area contributed by atoms with Crippen LogP contribution >= 0.6 is 15.9 Å². The number of nitrogens with one attached hydrogen (secondary N) is 2. The molecular formula is C22H25BrN4O4. The van der Waals surface area contributed by atoms with Crippen molar-refractivity contribution in [3.8, 4) is 5.75 Å². The molecule has 0 spiro atoms. The molecule has 0 aliphatic carbocycles. The molecular weight excluding hydrogens is 464 g/mol. The molecule has 9 heteroatoms. The molecule has 0 saturated carbocycles. The van der Waals surface area contributed by atoms with Gasteiger partial charge in [-0.05, 0) is 45.6 Å². The predicted octanol–water partition coefficient (Wildman–Crippen LogP) is 1.60. The second kappa shape index (κ2) is 10.9. The minimum atomic E-state index is -0.829. The Morgan fingerprint density at radius 1 is 1.10 bits per heavy atom. The first-order valence-electron chi connectivity index (χ1n) is 9.94. The number of nitrogens with zero attached hydrogens (tertiary/aromatic N) is 1. The molecule has 5 N–H and O–H groups in total. The van der Waals surface area contributed by atoms with E-state index < -0.39 is 18.0 Å². The van der Waals surface area contributed by atoms with E-state index in [1.165, 1.54) is 12.1 Å². The number of hydrogen-bond acceptors (Lipinski definition) is 6. The van der Waals surface area contributed by atoms with E-state index in [1.807, 2.05) is 30.3 Å². The number of phenols is 1. The topological polar surface area (TPSA) is 126 Å². The first-order chi connectivity index (χ1) is 14.9. The predicted molar refractivity (Wildman–Crippen MR) is 121 cm³/mol. The van der Waals surface area contributed by atoms with E-state index in [0.29, 0.717) is 17.5 Å². The summed E-state index contributed by atoms with van der Waals surface area (Å²) in [5, 5.41) is 18.9. The first-order valence-corrected chi connectivity index (χ1v) is 10.7. The van der Waals surface area contributed by atoms with Gasteiger partial charge in [-0.15, -0.1) is 0 Å². The first kappa shape index (κ1) is 22.8. The lowest BCUT2D eigenvalue weighted by Crippen LogP contribution is -2.53. The number of carbonyl (C=O) groups is 2. The van der Waals surface area contributed by atoms with Gasteiger partial charge < -0.3 is 26.3 Å². The zero-order chi connectivity index (χ0) is 22.2. The third-order valence-electron chi connectivity index (χ3n) is 4.85. The molecule has 2 amide bonds. The van der Waals surface area contributed by atoms with Crippen molar-refractivity contribution in [2.24, 2.45) is 10.9 Å². The Balaban J connectivity index is 1.63. The molecule has 2 aromatic rings. The maximum Gasteiger partial charge on any atom is 0.243 e. The number of aromatic hydroxyl groups is 1. The highest BCUT2D eigenvalue weighted by Crippen LogP contribution is 2.14. The second-order valence-electron chi connectivity index (χ2n) is 7.37. The van der Waals surface area contributed by atoms with E-state index in [-0.39, 0.29) is 30.7 Å². The van der Waals surface area contributed by atoms with Crippen LogP contribution in [0.15, 0.2) is 59.8 Å². The van der Waals surface area contributed by atoms with Crippen molar-refractivity contribution >= 4 is 32.4 Å². The van der Waals surface area contributed by atoms with Crippen LogP contribution in [0.3, 0.4) is 0 Å². The van der Waals surface area contributed by atoms with E-state index in [4.69, 9.17) is 10.6 Å². The van der Waals surface area contributed by atoms with Crippen LogP contribution in [-0.4, -0.2) is 46.3 Å². The zero-order valence-corrected chi connectivity index (χ0v) is 18.4. The zero-order valence-electron chi connectivity index (χ0n) is 16.8. The van der Waals surface area contributed by atoms with Crippen molar-refractivity contribution in [3.63, 3.8) is 0 Å². The number of oxime groups is 1. The number of nitrogens with two attached hydrogens (primary N) is 1. The number of carbonyl (C=O) groups excluding carboxylic acids is 2. The summed E-state index contributed by atoms with van der Waals surface area (Å²) >= 11 is 3.26. The van der Waals surface area contributed by atoms with E-state index >= 15 is 0 Å². The minimum Gasteiger partial charge on any atom is -0.508 e. The normalized spacial score (nSPS) is 17.2. The van der Waals surface area contributed by atoms with Crippen molar-refractivity contribution in [1.29, 1.82) is 0 Å². The Kier molecular flexibility index (Phi) is 8.02. The van der Waals surface area contributed by atoms with E-state index in [0.717, 1.165) is 11.1 Å². The van der Waals surface area contributed by atoms with Gasteiger partial charge in [0.25, 0.3) is 0 Å². The standard InChI is InChI=1S/C22H25BrN4O4/c23-20-12-17(31-27-20)13-25-22(30)19(11-15-6-8-16(28)9-7-15)26-21(29)18(24)10-14-4-2-1-3-5-14/h1-9,17-19,28H,10-13,24H2,(H,25,30)(H,26,29)/t17?,18-,19-/m0/s1. The average Bonchev–Trinajstić information content (AvgIpc) is 3.18. The molecule has 2 aromatic carbocycles. The van der Waals surface area contributed by atoms with E-state index in [1.54, 1.807) is 12.1 Å². The lowest BCUT2D eigenvalue weighted by Gasteiger charge is -2.21. The fourth-order valence-electron chi connectivity index (χ4n) is 3.16. The van der Waals surface area contributed by atoms with Crippen LogP contribution in [0.4, 0.5) is 0 Å². The monoisotopic (exact) mass is 488 g/mol. The molecule has 0 aromatic heterocycles. The Hall–Kier alpha value is -2.91. The SMILES string of the molecule is N[C@@H](Cc1ccccc1)C(=O)N[C@@H](Cc1ccc(O)cc1)C(=O)NCC1CC(Br)=NO1. The molecule has 0 bridgehead atoms. The Morgan fingerprint density at radius 3 is 2.42 bits per heavy atom. The van der Waals surface area contributed by atoms with Gasteiger partial charge in [-0.1, -0.05) is 47.6 Å². The highest BCUT2D eigenvalue weighted by molar-refractivity contribution is 9.18. The Bertz CT molecular complexity index is 921. The van der Waals surface area contributed by atoms with Crippen LogP contribution in [0.2, 0.25) is 0 Å². The number of hydrogen-bond donors (Lipinski definition) is 4. The molecule has 3 atom stereocenters. The summed E-state index contributed by atoms with van der Waals surface area (Å²) in [7, 11) is 0. The van der Waals surface area contributed by atoms with Gasteiger partial charge in [0.1, 0.15) is 16.4 Å². The number of halogens is 1.